The van der Waals surface area contributed by atoms with Crippen LogP contribution in [0.2, 0.25) is 5.02 Å². The van der Waals surface area contributed by atoms with E-state index in [9.17, 15) is 18.5 Å². The highest BCUT2D eigenvalue weighted by Crippen LogP contribution is 2.29. The topological polar surface area (TPSA) is 114 Å². The first-order valence-electron chi connectivity index (χ1n) is 8.79. The van der Waals surface area contributed by atoms with Gasteiger partial charge in [0.1, 0.15) is 5.69 Å². The van der Waals surface area contributed by atoms with Crippen molar-refractivity contribution in [2.24, 2.45) is 5.10 Å². The summed E-state index contributed by atoms with van der Waals surface area (Å²) in [6, 6.07) is 17.0. The molecule has 0 radical (unpaired) electrons. The van der Waals surface area contributed by atoms with Crippen LogP contribution in [0.1, 0.15) is 12.5 Å². The number of nitro benzene ring substituents is 1. The molecule has 0 aromatic heterocycles. The van der Waals surface area contributed by atoms with Crippen LogP contribution in [0, 0.1) is 10.1 Å². The van der Waals surface area contributed by atoms with Crippen LogP contribution in [-0.2, 0) is 10.0 Å². The SMILES string of the molecule is CC(=NNc1ccc(S(=O)(=O)Nc2ccc(Cl)cc2)cc1[N+](=O)[O-])c1ccccc1Br. The summed E-state index contributed by atoms with van der Waals surface area (Å²) in [6.45, 7) is 1.74. The normalized spacial score (nSPS) is 11.8. The second kappa shape index (κ2) is 9.46. The Bertz CT molecular complexity index is 1260. The molecule has 0 heterocycles. The summed E-state index contributed by atoms with van der Waals surface area (Å²) >= 11 is 9.23. The van der Waals surface area contributed by atoms with Crippen LogP contribution >= 0.6 is 27.5 Å². The minimum atomic E-state index is -4.05. The Hall–Kier alpha value is -2.95. The van der Waals surface area contributed by atoms with Gasteiger partial charge in [0.2, 0.25) is 0 Å². The molecule has 0 aliphatic heterocycles. The molecule has 0 saturated carbocycles. The second-order valence-corrected chi connectivity index (χ2v) is 9.31. The van der Waals surface area contributed by atoms with E-state index in [2.05, 4.69) is 31.2 Å². The van der Waals surface area contributed by atoms with Crippen molar-refractivity contribution in [1.29, 1.82) is 0 Å². The highest BCUT2D eigenvalue weighted by atomic mass is 79.9. The monoisotopic (exact) mass is 522 g/mol. The minimum Gasteiger partial charge on any atom is -0.280 e. The summed E-state index contributed by atoms with van der Waals surface area (Å²) in [6.07, 6.45) is 0. The molecular weight excluding hydrogens is 508 g/mol. The fourth-order valence-corrected chi connectivity index (χ4v) is 4.39. The van der Waals surface area contributed by atoms with Crippen LogP contribution in [0.5, 0.6) is 0 Å². The number of hydrazone groups is 1. The number of nitrogens with zero attached hydrogens (tertiary/aromatic N) is 2. The van der Waals surface area contributed by atoms with Crippen molar-refractivity contribution in [3.05, 3.63) is 91.9 Å². The van der Waals surface area contributed by atoms with Gasteiger partial charge in [0.15, 0.2) is 0 Å². The molecule has 0 amide bonds. The molecule has 0 bridgehead atoms. The quantitative estimate of drug-likeness (QED) is 0.236. The van der Waals surface area contributed by atoms with E-state index in [1.54, 1.807) is 6.92 Å². The first kappa shape index (κ1) is 22.7. The molecular formula is C20H16BrClN4O4S. The summed E-state index contributed by atoms with van der Waals surface area (Å²) < 4.78 is 28.5. The molecule has 0 aliphatic carbocycles. The molecule has 0 saturated heterocycles. The molecule has 3 aromatic carbocycles. The van der Waals surface area contributed by atoms with Crippen LogP contribution < -0.4 is 10.1 Å². The van der Waals surface area contributed by atoms with Crippen molar-refractivity contribution in [3.63, 3.8) is 0 Å². The van der Waals surface area contributed by atoms with E-state index < -0.39 is 20.6 Å². The lowest BCUT2D eigenvalue weighted by atomic mass is 10.1. The number of nitro groups is 1. The molecule has 3 aromatic rings. The molecule has 0 fully saturated rings. The van der Waals surface area contributed by atoms with E-state index in [4.69, 9.17) is 11.6 Å². The molecule has 8 nitrogen and oxygen atoms in total. The predicted octanol–water partition coefficient (Wildman–Crippen LogP) is 5.65. The summed E-state index contributed by atoms with van der Waals surface area (Å²) in [7, 11) is -4.05. The molecule has 31 heavy (non-hydrogen) atoms. The molecule has 0 spiro atoms. The lowest BCUT2D eigenvalue weighted by molar-refractivity contribution is -0.384. The predicted molar refractivity (Wildman–Crippen MR) is 125 cm³/mol. The van der Waals surface area contributed by atoms with Gasteiger partial charge in [-0.2, -0.15) is 5.10 Å². The Labute approximate surface area is 192 Å². The number of halogens is 2. The summed E-state index contributed by atoms with van der Waals surface area (Å²) in [4.78, 5) is 10.6. The van der Waals surface area contributed by atoms with Crippen LogP contribution in [0.25, 0.3) is 0 Å². The minimum absolute atomic E-state index is 0.0573. The van der Waals surface area contributed by atoms with E-state index in [0.29, 0.717) is 10.7 Å². The van der Waals surface area contributed by atoms with Crippen LogP contribution in [-0.4, -0.2) is 19.1 Å². The van der Waals surface area contributed by atoms with Crippen molar-refractivity contribution in [2.45, 2.75) is 11.8 Å². The third kappa shape index (κ3) is 5.60. The highest BCUT2D eigenvalue weighted by Gasteiger charge is 2.22. The zero-order chi connectivity index (χ0) is 22.6. The molecule has 0 aliphatic rings. The largest absolute Gasteiger partial charge is 0.295 e. The van der Waals surface area contributed by atoms with Gasteiger partial charge >= 0.3 is 0 Å². The number of benzene rings is 3. The van der Waals surface area contributed by atoms with Crippen molar-refractivity contribution < 1.29 is 13.3 Å². The third-order valence-electron chi connectivity index (χ3n) is 4.18. The maximum absolute atomic E-state index is 12.6. The number of hydrogen-bond donors (Lipinski definition) is 2. The Morgan fingerprint density at radius 2 is 1.77 bits per heavy atom. The smallest absolute Gasteiger partial charge is 0.280 e. The zero-order valence-corrected chi connectivity index (χ0v) is 19.2. The first-order valence-corrected chi connectivity index (χ1v) is 11.4. The zero-order valence-electron chi connectivity index (χ0n) is 16.0. The van der Waals surface area contributed by atoms with Crippen molar-refractivity contribution >= 4 is 60.3 Å². The average molecular weight is 524 g/mol. The van der Waals surface area contributed by atoms with E-state index in [1.165, 1.54) is 36.4 Å². The fraction of sp³-hybridized carbons (Fsp3) is 0.0500. The van der Waals surface area contributed by atoms with E-state index in [1.807, 2.05) is 24.3 Å². The van der Waals surface area contributed by atoms with Gasteiger partial charge in [0.05, 0.1) is 15.5 Å². The first-order chi connectivity index (χ1) is 14.7. The molecule has 0 atom stereocenters. The van der Waals surface area contributed by atoms with Crippen LogP contribution in [0.15, 0.2) is 81.2 Å². The molecule has 3 rings (SSSR count). The van der Waals surface area contributed by atoms with Gasteiger partial charge in [-0.1, -0.05) is 45.7 Å². The highest BCUT2D eigenvalue weighted by molar-refractivity contribution is 9.10. The maximum Gasteiger partial charge on any atom is 0.295 e. The number of hydrogen-bond acceptors (Lipinski definition) is 6. The number of anilines is 2. The molecule has 160 valence electrons. The molecule has 11 heteroatoms. The summed E-state index contributed by atoms with van der Waals surface area (Å²) in [5.41, 5.74) is 3.96. The van der Waals surface area contributed by atoms with E-state index in [-0.39, 0.29) is 16.3 Å². The number of sulfonamides is 1. The summed E-state index contributed by atoms with van der Waals surface area (Å²) in [5, 5.41) is 16.2. The van der Waals surface area contributed by atoms with E-state index in [0.717, 1.165) is 16.1 Å². The molecule has 0 unspecified atom stereocenters. The Morgan fingerprint density at radius 1 is 1.10 bits per heavy atom. The van der Waals surface area contributed by atoms with Crippen molar-refractivity contribution in [2.75, 3.05) is 10.1 Å². The second-order valence-electron chi connectivity index (χ2n) is 6.34. The van der Waals surface area contributed by atoms with Crippen molar-refractivity contribution in [1.82, 2.24) is 0 Å². The van der Waals surface area contributed by atoms with Gasteiger partial charge in [0.25, 0.3) is 15.7 Å². The van der Waals surface area contributed by atoms with Crippen molar-refractivity contribution in [3.8, 4) is 0 Å². The Balaban J connectivity index is 1.89. The lowest BCUT2D eigenvalue weighted by Gasteiger charge is -2.10. The fourth-order valence-electron chi connectivity index (χ4n) is 2.62. The lowest BCUT2D eigenvalue weighted by Crippen LogP contribution is -2.13. The van der Waals surface area contributed by atoms with Gasteiger partial charge in [-0.05, 0) is 49.4 Å². The van der Waals surface area contributed by atoms with Gasteiger partial charge in [0, 0.05) is 26.8 Å². The van der Waals surface area contributed by atoms with Gasteiger partial charge in [-0.25, -0.2) is 8.42 Å². The summed E-state index contributed by atoms with van der Waals surface area (Å²) in [5.74, 6) is 0. The number of nitrogens with one attached hydrogen (secondary N) is 2. The Kier molecular flexibility index (Phi) is 6.94. The maximum atomic E-state index is 12.6. The van der Waals surface area contributed by atoms with Crippen LogP contribution in [0.4, 0.5) is 17.1 Å². The van der Waals surface area contributed by atoms with Crippen LogP contribution in [0.3, 0.4) is 0 Å². The number of rotatable bonds is 7. The van der Waals surface area contributed by atoms with Gasteiger partial charge in [-0.15, -0.1) is 0 Å². The standard InChI is InChI=1S/C20H16BrClN4O4S/c1-13(17-4-2-3-5-18(17)21)23-24-19-11-10-16(12-20(19)26(27)28)31(29,30)25-15-8-6-14(22)7-9-15/h2-12,24-25H,1H3. The molecule has 2 N–H and O–H groups in total. The van der Waals surface area contributed by atoms with Gasteiger partial charge in [-0.3, -0.25) is 20.3 Å². The average Bonchev–Trinajstić information content (AvgIpc) is 2.73. The van der Waals surface area contributed by atoms with E-state index >= 15 is 0 Å². The Morgan fingerprint density at radius 3 is 2.42 bits per heavy atom. The third-order valence-corrected chi connectivity index (χ3v) is 6.50. The van der Waals surface area contributed by atoms with Gasteiger partial charge < -0.3 is 0 Å².